The number of fused-ring (bicyclic) bond motifs is 1. The molecule has 27 heavy (non-hydrogen) atoms. The molecule has 2 N–H and O–H groups in total. The maximum absolute atomic E-state index is 12.2. The Kier molecular flexibility index (Phi) is 4.98. The second-order valence-corrected chi connectivity index (χ2v) is 5.90. The molecule has 2 heterocycles. The first-order chi connectivity index (χ1) is 12.8. The Bertz CT molecular complexity index is 1070. The number of carboxylic acids is 2. The molecule has 0 saturated heterocycles. The molecule has 0 bridgehead atoms. The molecule has 8 heteroatoms. The minimum Gasteiger partial charge on any atom is -0.486 e. The monoisotopic (exact) mass is 372 g/mol. The standard InChI is InChI=1S/C19H16O8/c1-10-13-4-2-11(25-9-12-3-6-15(26-12)18(22)23)8-16(13)27-19(24)14(10)5-7-17(20)21/h2-4,6,8H,5,7,9H2,1H3,(H,20,21)(H,22,23). The van der Waals surface area contributed by atoms with Gasteiger partial charge in [0.25, 0.3) is 0 Å². The molecule has 1 aromatic carbocycles. The Hall–Kier alpha value is -3.55. The van der Waals surface area contributed by atoms with E-state index < -0.39 is 17.6 Å². The number of benzene rings is 1. The molecule has 3 aromatic rings. The largest absolute Gasteiger partial charge is 0.486 e. The molecule has 0 unspecified atom stereocenters. The van der Waals surface area contributed by atoms with Gasteiger partial charge in [0, 0.05) is 23.4 Å². The fourth-order valence-electron chi connectivity index (χ4n) is 2.71. The van der Waals surface area contributed by atoms with Crippen LogP contribution in [0.5, 0.6) is 5.75 Å². The molecule has 0 spiro atoms. The Morgan fingerprint density at radius 1 is 1.11 bits per heavy atom. The molecular formula is C19H16O8. The van der Waals surface area contributed by atoms with Crippen molar-refractivity contribution in [3.05, 3.63) is 63.4 Å². The summed E-state index contributed by atoms with van der Waals surface area (Å²) in [4.78, 5) is 33.7. The smallest absolute Gasteiger partial charge is 0.371 e. The van der Waals surface area contributed by atoms with E-state index >= 15 is 0 Å². The van der Waals surface area contributed by atoms with Crippen molar-refractivity contribution in [2.75, 3.05) is 0 Å². The molecule has 140 valence electrons. The van der Waals surface area contributed by atoms with Crippen molar-refractivity contribution in [3.63, 3.8) is 0 Å². The van der Waals surface area contributed by atoms with Crippen LogP contribution < -0.4 is 10.4 Å². The van der Waals surface area contributed by atoms with Crippen LogP contribution in [0.3, 0.4) is 0 Å². The molecule has 0 saturated carbocycles. The van der Waals surface area contributed by atoms with E-state index in [1.807, 2.05) is 0 Å². The zero-order valence-corrected chi connectivity index (χ0v) is 14.4. The van der Waals surface area contributed by atoms with E-state index in [1.165, 1.54) is 12.1 Å². The normalized spacial score (nSPS) is 10.9. The highest BCUT2D eigenvalue weighted by Crippen LogP contribution is 2.25. The highest BCUT2D eigenvalue weighted by Gasteiger charge is 2.14. The first kappa shape index (κ1) is 18.2. The van der Waals surface area contributed by atoms with Crippen LogP contribution in [0.15, 0.2) is 44.0 Å². The van der Waals surface area contributed by atoms with E-state index in [0.29, 0.717) is 33.6 Å². The van der Waals surface area contributed by atoms with Gasteiger partial charge in [-0.3, -0.25) is 4.79 Å². The summed E-state index contributed by atoms with van der Waals surface area (Å²) in [6, 6.07) is 7.78. The van der Waals surface area contributed by atoms with Gasteiger partial charge < -0.3 is 23.8 Å². The first-order valence-electron chi connectivity index (χ1n) is 8.08. The van der Waals surface area contributed by atoms with Crippen LogP contribution in [0.4, 0.5) is 0 Å². The molecular weight excluding hydrogens is 356 g/mol. The van der Waals surface area contributed by atoms with Crippen LogP contribution in [0.2, 0.25) is 0 Å². The summed E-state index contributed by atoms with van der Waals surface area (Å²) in [5.74, 6) is -1.57. The van der Waals surface area contributed by atoms with Gasteiger partial charge in [-0.05, 0) is 43.2 Å². The molecule has 0 radical (unpaired) electrons. The second-order valence-electron chi connectivity index (χ2n) is 5.90. The van der Waals surface area contributed by atoms with Crippen molar-refractivity contribution >= 4 is 22.9 Å². The lowest BCUT2D eigenvalue weighted by molar-refractivity contribution is -0.136. The fraction of sp³-hybridized carbons (Fsp3) is 0.211. The predicted octanol–water partition coefficient (Wildman–Crippen LogP) is 2.99. The number of furan rings is 1. The van der Waals surface area contributed by atoms with Gasteiger partial charge >= 0.3 is 17.6 Å². The van der Waals surface area contributed by atoms with Crippen molar-refractivity contribution in [3.8, 4) is 5.75 Å². The number of aromatic carboxylic acids is 1. The van der Waals surface area contributed by atoms with Gasteiger partial charge in [0.15, 0.2) is 0 Å². The summed E-state index contributed by atoms with van der Waals surface area (Å²) in [6.07, 6.45) is -0.0537. The van der Waals surface area contributed by atoms with E-state index in [0.717, 1.165) is 0 Å². The van der Waals surface area contributed by atoms with Crippen molar-refractivity contribution in [1.29, 1.82) is 0 Å². The van der Waals surface area contributed by atoms with Crippen LogP contribution in [-0.2, 0) is 17.8 Å². The number of carbonyl (C=O) groups is 2. The molecule has 0 amide bonds. The lowest BCUT2D eigenvalue weighted by Gasteiger charge is -2.09. The van der Waals surface area contributed by atoms with Crippen molar-refractivity contribution in [2.45, 2.75) is 26.4 Å². The number of carboxylic acid groups (broad SMARTS) is 2. The Morgan fingerprint density at radius 2 is 1.89 bits per heavy atom. The quantitative estimate of drug-likeness (QED) is 0.606. The average molecular weight is 372 g/mol. The number of aliphatic carboxylic acids is 1. The van der Waals surface area contributed by atoms with E-state index in [-0.39, 0.29) is 25.2 Å². The third-order valence-corrected chi connectivity index (χ3v) is 4.10. The number of ether oxygens (including phenoxy) is 1. The predicted molar refractivity (Wildman–Crippen MR) is 93.2 cm³/mol. The first-order valence-corrected chi connectivity index (χ1v) is 8.08. The van der Waals surface area contributed by atoms with Gasteiger partial charge in [-0.15, -0.1) is 0 Å². The van der Waals surface area contributed by atoms with E-state index in [9.17, 15) is 14.4 Å². The second kappa shape index (κ2) is 7.36. The molecule has 3 rings (SSSR count). The number of aryl methyl sites for hydroxylation is 1. The van der Waals surface area contributed by atoms with Gasteiger partial charge in [0.2, 0.25) is 5.76 Å². The van der Waals surface area contributed by atoms with Crippen molar-refractivity contribution in [1.82, 2.24) is 0 Å². The number of hydrogen-bond acceptors (Lipinski definition) is 6. The minimum absolute atomic E-state index is 0.0126. The van der Waals surface area contributed by atoms with Gasteiger partial charge in [-0.25, -0.2) is 9.59 Å². The Labute approximate surface area is 152 Å². The summed E-state index contributed by atoms with van der Waals surface area (Å²) in [7, 11) is 0. The maximum Gasteiger partial charge on any atom is 0.371 e. The zero-order chi connectivity index (χ0) is 19.6. The average Bonchev–Trinajstić information content (AvgIpc) is 3.08. The number of rotatable bonds is 7. The van der Waals surface area contributed by atoms with Gasteiger partial charge in [0.1, 0.15) is 23.7 Å². The van der Waals surface area contributed by atoms with Crippen LogP contribution in [0.25, 0.3) is 11.0 Å². The SMILES string of the molecule is Cc1c(CCC(=O)O)c(=O)oc2cc(OCc3ccc(C(=O)O)o3)ccc12. The fourth-order valence-corrected chi connectivity index (χ4v) is 2.71. The molecule has 0 fully saturated rings. The molecule has 8 nitrogen and oxygen atoms in total. The molecule has 0 aliphatic heterocycles. The Balaban J connectivity index is 1.82. The van der Waals surface area contributed by atoms with E-state index in [4.69, 9.17) is 23.8 Å². The molecule has 0 atom stereocenters. The lowest BCUT2D eigenvalue weighted by atomic mass is 10.0. The van der Waals surface area contributed by atoms with Crippen LogP contribution in [-0.4, -0.2) is 22.2 Å². The van der Waals surface area contributed by atoms with E-state index in [1.54, 1.807) is 25.1 Å². The van der Waals surface area contributed by atoms with Gasteiger partial charge in [-0.1, -0.05) is 0 Å². The van der Waals surface area contributed by atoms with Gasteiger partial charge in [0.05, 0.1) is 0 Å². The number of hydrogen-bond donors (Lipinski definition) is 2. The summed E-state index contributed by atoms with van der Waals surface area (Å²) in [6.45, 7) is 1.76. The summed E-state index contributed by atoms with van der Waals surface area (Å²) in [5, 5.41) is 18.3. The zero-order valence-electron chi connectivity index (χ0n) is 14.4. The highest BCUT2D eigenvalue weighted by molar-refractivity contribution is 5.84. The summed E-state index contributed by atoms with van der Waals surface area (Å²) >= 11 is 0. The highest BCUT2D eigenvalue weighted by atomic mass is 16.5. The summed E-state index contributed by atoms with van der Waals surface area (Å²) < 4.78 is 16.0. The van der Waals surface area contributed by atoms with E-state index in [2.05, 4.69) is 0 Å². The van der Waals surface area contributed by atoms with Crippen molar-refractivity contribution < 1.29 is 33.4 Å². The summed E-state index contributed by atoms with van der Waals surface area (Å²) in [5.41, 5.74) is 0.761. The van der Waals surface area contributed by atoms with Gasteiger partial charge in [-0.2, -0.15) is 0 Å². The van der Waals surface area contributed by atoms with Crippen LogP contribution >= 0.6 is 0 Å². The maximum atomic E-state index is 12.2. The van der Waals surface area contributed by atoms with Crippen molar-refractivity contribution in [2.24, 2.45) is 0 Å². The topological polar surface area (TPSA) is 127 Å². The van der Waals surface area contributed by atoms with Crippen LogP contribution in [0.1, 0.15) is 33.9 Å². The third kappa shape index (κ3) is 4.00. The molecule has 0 aliphatic carbocycles. The molecule has 0 aliphatic rings. The minimum atomic E-state index is -1.16. The van der Waals surface area contributed by atoms with Crippen LogP contribution in [0, 0.1) is 6.92 Å². The lowest BCUT2D eigenvalue weighted by Crippen LogP contribution is -2.12. The Morgan fingerprint density at radius 3 is 2.56 bits per heavy atom. The molecule has 2 aromatic heterocycles. The third-order valence-electron chi connectivity index (χ3n) is 4.10.